The van der Waals surface area contributed by atoms with E-state index in [0.29, 0.717) is 0 Å². The molecule has 0 heterocycles. The minimum absolute atomic E-state index is 0.802. The van der Waals surface area contributed by atoms with Gasteiger partial charge in [-0.25, -0.2) is 0 Å². The SMILES string of the molecule is COc1ccc(Br)cc1CCN(C)c1ccccc1N. The fourth-order valence-electron chi connectivity index (χ4n) is 2.19. The fraction of sp³-hybridized carbons (Fsp3) is 0.250. The number of benzene rings is 2. The van der Waals surface area contributed by atoms with Crippen LogP contribution in [-0.4, -0.2) is 20.7 Å². The quantitative estimate of drug-likeness (QED) is 0.847. The Kier molecular flexibility index (Phi) is 4.90. The number of rotatable bonds is 5. The van der Waals surface area contributed by atoms with Crippen LogP contribution in [0.1, 0.15) is 5.56 Å². The number of methoxy groups -OCH3 is 1. The van der Waals surface area contributed by atoms with Gasteiger partial charge in [-0.3, -0.25) is 0 Å². The number of nitrogens with two attached hydrogens (primary N) is 1. The molecule has 2 rings (SSSR count). The second-order valence-corrected chi connectivity index (χ2v) is 5.60. The predicted molar refractivity (Wildman–Crippen MR) is 88.5 cm³/mol. The molecule has 0 bridgehead atoms. The zero-order valence-electron chi connectivity index (χ0n) is 11.8. The fourth-order valence-corrected chi connectivity index (χ4v) is 2.59. The van der Waals surface area contributed by atoms with E-state index in [1.165, 1.54) is 5.56 Å². The van der Waals surface area contributed by atoms with Crippen molar-refractivity contribution in [2.24, 2.45) is 0 Å². The first-order valence-electron chi connectivity index (χ1n) is 6.50. The van der Waals surface area contributed by atoms with Crippen molar-refractivity contribution in [1.82, 2.24) is 0 Å². The summed E-state index contributed by atoms with van der Waals surface area (Å²) in [6.45, 7) is 0.876. The molecule has 0 aliphatic carbocycles. The molecule has 0 radical (unpaired) electrons. The van der Waals surface area contributed by atoms with Crippen LogP contribution >= 0.6 is 15.9 Å². The van der Waals surface area contributed by atoms with Crippen molar-refractivity contribution in [1.29, 1.82) is 0 Å². The maximum absolute atomic E-state index is 6.00. The molecule has 3 nitrogen and oxygen atoms in total. The summed E-state index contributed by atoms with van der Waals surface area (Å²) >= 11 is 3.50. The van der Waals surface area contributed by atoms with Gasteiger partial charge in [0.05, 0.1) is 18.5 Å². The first-order chi connectivity index (χ1) is 9.61. The maximum Gasteiger partial charge on any atom is 0.122 e. The Morgan fingerprint density at radius 2 is 1.95 bits per heavy atom. The number of nitrogens with zero attached hydrogens (tertiary/aromatic N) is 1. The normalized spacial score (nSPS) is 10.3. The van der Waals surface area contributed by atoms with Crippen LogP contribution in [0.4, 0.5) is 11.4 Å². The van der Waals surface area contributed by atoms with E-state index in [4.69, 9.17) is 10.5 Å². The molecule has 0 aliphatic heterocycles. The van der Waals surface area contributed by atoms with Crippen LogP contribution in [0.25, 0.3) is 0 Å². The summed E-state index contributed by atoms with van der Waals surface area (Å²) < 4.78 is 6.46. The third-order valence-electron chi connectivity index (χ3n) is 3.31. The molecule has 0 spiro atoms. The highest BCUT2D eigenvalue weighted by Gasteiger charge is 2.08. The van der Waals surface area contributed by atoms with Gasteiger partial charge in [0, 0.05) is 18.1 Å². The smallest absolute Gasteiger partial charge is 0.122 e. The summed E-state index contributed by atoms with van der Waals surface area (Å²) in [5, 5.41) is 0. The second-order valence-electron chi connectivity index (χ2n) is 4.69. The van der Waals surface area contributed by atoms with Gasteiger partial charge in [0.25, 0.3) is 0 Å². The molecule has 106 valence electrons. The van der Waals surface area contributed by atoms with E-state index in [2.05, 4.69) is 33.9 Å². The lowest BCUT2D eigenvalue weighted by atomic mass is 10.1. The number of likely N-dealkylation sites (N-methyl/N-ethyl adjacent to an activating group) is 1. The van der Waals surface area contributed by atoms with Crippen LogP contribution in [-0.2, 0) is 6.42 Å². The number of anilines is 2. The number of halogens is 1. The van der Waals surface area contributed by atoms with Crippen molar-refractivity contribution >= 4 is 27.3 Å². The predicted octanol–water partition coefficient (Wildman–Crippen LogP) is 3.72. The molecular weight excluding hydrogens is 316 g/mol. The number of hydrogen-bond donors (Lipinski definition) is 1. The van der Waals surface area contributed by atoms with E-state index in [9.17, 15) is 0 Å². The highest BCUT2D eigenvalue weighted by molar-refractivity contribution is 9.10. The summed E-state index contributed by atoms with van der Waals surface area (Å²) in [4.78, 5) is 2.16. The molecule has 4 heteroatoms. The maximum atomic E-state index is 6.00. The molecule has 2 N–H and O–H groups in total. The summed E-state index contributed by atoms with van der Waals surface area (Å²) in [7, 11) is 3.75. The molecule has 0 aliphatic rings. The van der Waals surface area contributed by atoms with Gasteiger partial charge < -0.3 is 15.4 Å². The van der Waals surface area contributed by atoms with Gasteiger partial charge in [-0.2, -0.15) is 0 Å². The molecule has 0 saturated heterocycles. The highest BCUT2D eigenvalue weighted by atomic mass is 79.9. The largest absolute Gasteiger partial charge is 0.496 e. The summed E-state index contributed by atoms with van der Waals surface area (Å²) in [6.07, 6.45) is 0.896. The second kappa shape index (κ2) is 6.66. The number of hydrogen-bond acceptors (Lipinski definition) is 3. The molecule has 2 aromatic carbocycles. The number of ether oxygens (including phenoxy) is 1. The van der Waals surface area contributed by atoms with E-state index in [0.717, 1.165) is 34.6 Å². The summed E-state index contributed by atoms with van der Waals surface area (Å²) in [6, 6.07) is 14.0. The van der Waals surface area contributed by atoms with E-state index < -0.39 is 0 Å². The topological polar surface area (TPSA) is 38.5 Å². The number of para-hydroxylation sites is 2. The third kappa shape index (κ3) is 3.45. The van der Waals surface area contributed by atoms with Gasteiger partial charge in [-0.15, -0.1) is 0 Å². The van der Waals surface area contributed by atoms with Gasteiger partial charge in [0.15, 0.2) is 0 Å². The Morgan fingerprint density at radius 3 is 2.65 bits per heavy atom. The third-order valence-corrected chi connectivity index (χ3v) is 3.80. The lowest BCUT2D eigenvalue weighted by Gasteiger charge is -2.21. The van der Waals surface area contributed by atoms with Crippen molar-refractivity contribution < 1.29 is 4.74 Å². The first-order valence-corrected chi connectivity index (χ1v) is 7.29. The monoisotopic (exact) mass is 334 g/mol. The molecule has 0 amide bonds. The van der Waals surface area contributed by atoms with Crippen molar-refractivity contribution in [2.75, 3.05) is 31.3 Å². The van der Waals surface area contributed by atoms with Gasteiger partial charge >= 0.3 is 0 Å². The lowest BCUT2D eigenvalue weighted by molar-refractivity contribution is 0.409. The first kappa shape index (κ1) is 14.7. The van der Waals surface area contributed by atoms with Crippen LogP contribution in [0, 0.1) is 0 Å². The zero-order chi connectivity index (χ0) is 14.5. The standard InChI is InChI=1S/C16H19BrN2O/c1-19(15-6-4-3-5-14(15)18)10-9-12-11-13(17)7-8-16(12)20-2/h3-8,11H,9-10,18H2,1-2H3. The van der Waals surface area contributed by atoms with Gasteiger partial charge in [-0.1, -0.05) is 28.1 Å². The van der Waals surface area contributed by atoms with E-state index in [-0.39, 0.29) is 0 Å². The molecule has 2 aromatic rings. The zero-order valence-corrected chi connectivity index (χ0v) is 13.4. The van der Waals surface area contributed by atoms with Crippen LogP contribution in [0.3, 0.4) is 0 Å². The molecular formula is C16H19BrN2O. The van der Waals surface area contributed by atoms with Crippen molar-refractivity contribution in [3.63, 3.8) is 0 Å². The Morgan fingerprint density at radius 1 is 1.20 bits per heavy atom. The van der Waals surface area contributed by atoms with E-state index >= 15 is 0 Å². The highest BCUT2D eigenvalue weighted by Crippen LogP contribution is 2.25. The summed E-state index contributed by atoms with van der Waals surface area (Å²) in [5.41, 5.74) is 9.04. The molecule has 0 atom stereocenters. The van der Waals surface area contributed by atoms with Gasteiger partial charge in [0.2, 0.25) is 0 Å². The molecule has 0 aromatic heterocycles. The van der Waals surface area contributed by atoms with E-state index in [1.807, 2.05) is 36.4 Å². The number of nitrogen functional groups attached to an aromatic ring is 1. The average molecular weight is 335 g/mol. The van der Waals surface area contributed by atoms with E-state index in [1.54, 1.807) is 7.11 Å². The molecule has 0 saturated carbocycles. The van der Waals surface area contributed by atoms with Crippen LogP contribution in [0.15, 0.2) is 46.9 Å². The minimum atomic E-state index is 0.802. The van der Waals surface area contributed by atoms with Crippen molar-refractivity contribution in [3.8, 4) is 5.75 Å². The van der Waals surface area contributed by atoms with Crippen LogP contribution in [0.2, 0.25) is 0 Å². The average Bonchev–Trinajstić information content (AvgIpc) is 2.45. The van der Waals surface area contributed by atoms with Gasteiger partial charge in [0.1, 0.15) is 5.75 Å². The Balaban J connectivity index is 2.09. The minimum Gasteiger partial charge on any atom is -0.496 e. The summed E-state index contributed by atoms with van der Waals surface area (Å²) in [5.74, 6) is 0.919. The Hall–Kier alpha value is -1.68. The molecule has 20 heavy (non-hydrogen) atoms. The van der Waals surface area contributed by atoms with Crippen LogP contribution in [0.5, 0.6) is 5.75 Å². The lowest BCUT2D eigenvalue weighted by Crippen LogP contribution is -2.21. The van der Waals surface area contributed by atoms with Crippen molar-refractivity contribution in [2.45, 2.75) is 6.42 Å². The molecule has 0 fully saturated rings. The Labute approximate surface area is 128 Å². The van der Waals surface area contributed by atoms with Crippen LogP contribution < -0.4 is 15.4 Å². The Bertz CT molecular complexity index is 586. The van der Waals surface area contributed by atoms with Crippen molar-refractivity contribution in [3.05, 3.63) is 52.5 Å². The molecule has 0 unspecified atom stereocenters. The van der Waals surface area contributed by atoms with Gasteiger partial charge in [-0.05, 0) is 42.3 Å².